The minimum Gasteiger partial charge on any atom is -0.508 e. The van der Waals surface area contributed by atoms with Gasteiger partial charge in [0.1, 0.15) is 5.75 Å². The van der Waals surface area contributed by atoms with E-state index in [1.807, 2.05) is 12.1 Å². The van der Waals surface area contributed by atoms with Crippen LogP contribution in [-0.4, -0.2) is 28.6 Å². The summed E-state index contributed by atoms with van der Waals surface area (Å²) in [4.78, 5) is 6.70. The predicted molar refractivity (Wildman–Crippen MR) is 78.2 cm³/mol. The number of hydrogen-bond donors (Lipinski definition) is 2. The number of phenols is 1. The Morgan fingerprint density at radius 1 is 1.37 bits per heavy atom. The van der Waals surface area contributed by atoms with Crippen molar-refractivity contribution in [3.63, 3.8) is 0 Å². The molecule has 4 nitrogen and oxygen atoms in total. The van der Waals surface area contributed by atoms with Crippen LogP contribution >= 0.6 is 0 Å². The minimum atomic E-state index is -0.173. The van der Waals surface area contributed by atoms with Gasteiger partial charge in [-0.15, -0.1) is 0 Å². The van der Waals surface area contributed by atoms with E-state index >= 15 is 0 Å². The van der Waals surface area contributed by atoms with Gasteiger partial charge < -0.3 is 15.7 Å². The third kappa shape index (κ3) is 2.15. The van der Waals surface area contributed by atoms with E-state index in [4.69, 9.17) is 5.73 Å². The summed E-state index contributed by atoms with van der Waals surface area (Å²) < 4.78 is 0. The molecule has 0 aliphatic carbocycles. The molecule has 0 fully saturated rings. The third-order valence-corrected chi connectivity index (χ3v) is 4.23. The molecular weight excluding hydrogens is 238 g/mol. The Hall–Kier alpha value is -1.71. The average molecular weight is 261 g/mol. The number of nitrogens with two attached hydrogens (primary N) is 1. The van der Waals surface area contributed by atoms with Gasteiger partial charge in [-0.05, 0) is 37.5 Å². The lowest BCUT2D eigenvalue weighted by atomic mass is 9.85. The Labute approximate surface area is 114 Å². The van der Waals surface area contributed by atoms with Crippen molar-refractivity contribution in [3.05, 3.63) is 29.8 Å². The van der Waals surface area contributed by atoms with Crippen molar-refractivity contribution in [1.29, 1.82) is 0 Å². The van der Waals surface area contributed by atoms with E-state index in [2.05, 4.69) is 30.7 Å². The van der Waals surface area contributed by atoms with Gasteiger partial charge in [0, 0.05) is 6.04 Å². The van der Waals surface area contributed by atoms with Crippen LogP contribution in [0.3, 0.4) is 0 Å². The normalized spacial score (nSPS) is 24.4. The summed E-state index contributed by atoms with van der Waals surface area (Å²) in [7, 11) is 0. The lowest BCUT2D eigenvalue weighted by Crippen LogP contribution is -2.53. The molecule has 0 bridgehead atoms. The molecule has 4 heteroatoms. The van der Waals surface area contributed by atoms with Gasteiger partial charge in [0.2, 0.25) is 0 Å². The zero-order chi connectivity index (χ0) is 14.0. The topological polar surface area (TPSA) is 61.8 Å². The number of aromatic hydroxyl groups is 1. The number of guanidine groups is 1. The number of hydrogen-bond acceptors (Lipinski definition) is 4. The van der Waals surface area contributed by atoms with E-state index in [1.54, 1.807) is 12.1 Å². The van der Waals surface area contributed by atoms with Gasteiger partial charge in [-0.1, -0.05) is 26.0 Å². The smallest absolute Gasteiger partial charge is 0.192 e. The van der Waals surface area contributed by atoms with E-state index in [1.165, 1.54) is 0 Å². The van der Waals surface area contributed by atoms with Crippen LogP contribution in [0.1, 0.15) is 39.2 Å². The van der Waals surface area contributed by atoms with E-state index in [-0.39, 0.29) is 11.3 Å². The summed E-state index contributed by atoms with van der Waals surface area (Å²) in [5, 5.41) is 9.46. The number of phenolic OH excluding ortho intramolecular Hbond substituents is 1. The highest BCUT2D eigenvalue weighted by Crippen LogP contribution is 2.38. The fourth-order valence-corrected chi connectivity index (χ4v) is 2.90. The molecule has 0 spiro atoms. The summed E-state index contributed by atoms with van der Waals surface area (Å²) in [6, 6.07) is 7.76. The van der Waals surface area contributed by atoms with Crippen molar-refractivity contribution < 1.29 is 5.11 Å². The minimum absolute atomic E-state index is 0.173. The molecule has 1 aliphatic heterocycles. The van der Waals surface area contributed by atoms with Crippen LogP contribution in [0.5, 0.6) is 5.75 Å². The average Bonchev–Trinajstić information content (AvgIpc) is 2.77. The first-order valence-electron chi connectivity index (χ1n) is 6.94. The molecule has 3 N–H and O–H groups in total. The number of benzene rings is 1. The molecule has 0 saturated carbocycles. The molecule has 0 saturated heterocycles. The number of rotatable bonds is 4. The molecule has 1 heterocycles. The molecule has 1 aromatic rings. The van der Waals surface area contributed by atoms with Gasteiger partial charge >= 0.3 is 0 Å². The Balaban J connectivity index is 2.45. The summed E-state index contributed by atoms with van der Waals surface area (Å²) in [6.45, 7) is 7.19. The molecule has 0 aromatic heterocycles. The van der Waals surface area contributed by atoms with Crippen LogP contribution in [0.2, 0.25) is 0 Å². The van der Waals surface area contributed by atoms with Gasteiger partial charge in [-0.25, -0.2) is 0 Å². The largest absolute Gasteiger partial charge is 0.508 e. The summed E-state index contributed by atoms with van der Waals surface area (Å²) in [5.74, 6) is 0.918. The Morgan fingerprint density at radius 3 is 2.53 bits per heavy atom. The zero-order valence-electron chi connectivity index (χ0n) is 11.9. The SMILES string of the molecule is CCC(C)N1C(N)=NCC1(CC)c1ccc(O)cc1. The van der Waals surface area contributed by atoms with Crippen LogP contribution < -0.4 is 5.73 Å². The molecule has 1 aliphatic rings. The fraction of sp³-hybridized carbons (Fsp3) is 0.533. The van der Waals surface area contributed by atoms with Gasteiger partial charge in [0.05, 0.1) is 12.1 Å². The summed E-state index contributed by atoms with van der Waals surface area (Å²) in [6.07, 6.45) is 1.96. The lowest BCUT2D eigenvalue weighted by Gasteiger charge is -2.42. The second-order valence-electron chi connectivity index (χ2n) is 5.23. The number of aliphatic imine (C=N–C) groups is 1. The van der Waals surface area contributed by atoms with Gasteiger partial charge in [-0.3, -0.25) is 4.99 Å². The molecule has 0 amide bonds. The molecule has 2 atom stereocenters. The Bertz CT molecular complexity index is 469. The van der Waals surface area contributed by atoms with Crippen molar-refractivity contribution in [3.8, 4) is 5.75 Å². The lowest BCUT2D eigenvalue weighted by molar-refractivity contribution is 0.146. The monoisotopic (exact) mass is 261 g/mol. The number of nitrogens with zero attached hydrogens (tertiary/aromatic N) is 2. The Morgan fingerprint density at radius 2 is 2.00 bits per heavy atom. The first-order valence-corrected chi connectivity index (χ1v) is 6.94. The van der Waals surface area contributed by atoms with E-state index < -0.39 is 0 Å². The predicted octanol–water partition coefficient (Wildman–Crippen LogP) is 2.43. The second-order valence-corrected chi connectivity index (χ2v) is 5.23. The van der Waals surface area contributed by atoms with Gasteiger partial charge in [0.15, 0.2) is 5.96 Å². The Kier molecular flexibility index (Phi) is 3.69. The molecule has 1 aromatic carbocycles. The highest BCUT2D eigenvalue weighted by atomic mass is 16.3. The van der Waals surface area contributed by atoms with Crippen molar-refractivity contribution >= 4 is 5.96 Å². The maximum Gasteiger partial charge on any atom is 0.192 e. The van der Waals surface area contributed by atoms with Crippen molar-refractivity contribution in [1.82, 2.24) is 4.90 Å². The summed E-state index contributed by atoms with van der Waals surface area (Å²) in [5.41, 5.74) is 7.09. The summed E-state index contributed by atoms with van der Waals surface area (Å²) >= 11 is 0. The fourth-order valence-electron chi connectivity index (χ4n) is 2.90. The van der Waals surface area contributed by atoms with Crippen LogP contribution in [0.4, 0.5) is 0 Å². The zero-order valence-corrected chi connectivity index (χ0v) is 11.9. The van der Waals surface area contributed by atoms with Crippen LogP contribution in [0.25, 0.3) is 0 Å². The van der Waals surface area contributed by atoms with Crippen molar-refractivity contribution in [2.45, 2.75) is 45.2 Å². The highest BCUT2D eigenvalue weighted by Gasteiger charge is 2.44. The van der Waals surface area contributed by atoms with Crippen LogP contribution in [0, 0.1) is 0 Å². The molecule has 2 rings (SSSR count). The maximum atomic E-state index is 9.46. The quantitative estimate of drug-likeness (QED) is 0.875. The van der Waals surface area contributed by atoms with Crippen molar-refractivity contribution in [2.24, 2.45) is 10.7 Å². The molecular formula is C15H23N3O. The van der Waals surface area contributed by atoms with Gasteiger partial charge in [0.25, 0.3) is 0 Å². The second kappa shape index (κ2) is 5.11. The van der Waals surface area contributed by atoms with E-state index in [0.717, 1.165) is 18.4 Å². The van der Waals surface area contributed by atoms with E-state index in [0.29, 0.717) is 18.5 Å². The van der Waals surface area contributed by atoms with Crippen LogP contribution in [0.15, 0.2) is 29.3 Å². The molecule has 104 valence electrons. The van der Waals surface area contributed by atoms with E-state index in [9.17, 15) is 5.11 Å². The first-order chi connectivity index (χ1) is 9.05. The van der Waals surface area contributed by atoms with Gasteiger partial charge in [-0.2, -0.15) is 0 Å². The van der Waals surface area contributed by atoms with Crippen molar-refractivity contribution in [2.75, 3.05) is 6.54 Å². The standard InChI is InChI=1S/C15H23N3O/c1-4-11(3)18-14(16)17-10-15(18,5-2)12-6-8-13(19)9-7-12/h6-9,11,19H,4-5,10H2,1-3H3,(H2,16,17). The molecule has 19 heavy (non-hydrogen) atoms. The maximum absolute atomic E-state index is 9.46. The first kappa shape index (κ1) is 13.7. The molecule has 2 unspecified atom stereocenters. The third-order valence-electron chi connectivity index (χ3n) is 4.23. The molecule has 0 radical (unpaired) electrons. The van der Waals surface area contributed by atoms with Crippen LogP contribution in [-0.2, 0) is 5.54 Å². The highest BCUT2D eigenvalue weighted by molar-refractivity contribution is 5.81.